The second-order valence-corrected chi connectivity index (χ2v) is 10.7. The number of aromatic nitrogens is 4. The molecular formula is C38H22N4O2. The van der Waals surface area contributed by atoms with Gasteiger partial charge in [0.05, 0.1) is 11.1 Å². The number of benzene rings is 5. The van der Waals surface area contributed by atoms with Gasteiger partial charge in [-0.1, -0.05) is 115 Å². The van der Waals surface area contributed by atoms with Crippen LogP contribution in [0.5, 0.6) is 0 Å². The molecule has 9 aromatic rings. The normalized spacial score (nSPS) is 11.6. The first kappa shape index (κ1) is 24.5. The van der Waals surface area contributed by atoms with E-state index in [4.69, 9.17) is 28.8 Å². The van der Waals surface area contributed by atoms with Crippen molar-refractivity contribution in [2.75, 3.05) is 0 Å². The first-order valence-electron chi connectivity index (χ1n) is 14.4. The highest BCUT2D eigenvalue weighted by Gasteiger charge is 2.22. The number of nitrogens with zero attached hydrogens (tertiary/aromatic N) is 4. The van der Waals surface area contributed by atoms with Crippen LogP contribution in [-0.4, -0.2) is 19.9 Å². The van der Waals surface area contributed by atoms with Gasteiger partial charge in [0, 0.05) is 33.0 Å². The molecule has 0 atom stereocenters. The minimum atomic E-state index is 0.604. The lowest BCUT2D eigenvalue weighted by Gasteiger charge is -2.09. The fraction of sp³-hybridized carbons (Fsp3) is 0. The van der Waals surface area contributed by atoms with Gasteiger partial charge in [-0.2, -0.15) is 0 Å². The smallest absolute Gasteiger partial charge is 0.197 e. The molecule has 206 valence electrons. The highest BCUT2D eigenvalue weighted by atomic mass is 16.4. The van der Waals surface area contributed by atoms with E-state index in [2.05, 4.69) is 18.2 Å². The van der Waals surface area contributed by atoms with Gasteiger partial charge in [0.1, 0.15) is 16.7 Å². The third-order valence-electron chi connectivity index (χ3n) is 7.95. The molecule has 4 heterocycles. The average Bonchev–Trinajstić information content (AvgIpc) is 3.68. The molecule has 0 saturated carbocycles. The zero-order chi connectivity index (χ0) is 29.0. The quantitative estimate of drug-likeness (QED) is 0.211. The summed E-state index contributed by atoms with van der Waals surface area (Å²) in [5.74, 6) is 1.86. The van der Waals surface area contributed by atoms with Gasteiger partial charge in [-0.3, -0.25) is 0 Å². The number of hydrogen-bond acceptors (Lipinski definition) is 6. The SMILES string of the molecule is c1ccc(-c2nc(-c3ccccc3)nc(-c3ccc(-c4nc5c6ccccc6oc5c5oc6ccccc6c45)cc3)n2)cc1. The molecule has 5 aromatic carbocycles. The number of furan rings is 2. The summed E-state index contributed by atoms with van der Waals surface area (Å²) in [7, 11) is 0. The number of para-hydroxylation sites is 2. The molecule has 0 aliphatic heterocycles. The molecule has 0 amide bonds. The van der Waals surface area contributed by atoms with Gasteiger partial charge in [0.25, 0.3) is 0 Å². The Balaban J connectivity index is 1.23. The maximum absolute atomic E-state index is 6.40. The predicted molar refractivity (Wildman–Crippen MR) is 174 cm³/mol. The van der Waals surface area contributed by atoms with Gasteiger partial charge < -0.3 is 8.83 Å². The van der Waals surface area contributed by atoms with Gasteiger partial charge in [-0.05, 0) is 18.2 Å². The van der Waals surface area contributed by atoms with Gasteiger partial charge in [0.2, 0.25) is 0 Å². The maximum atomic E-state index is 6.40. The molecule has 0 unspecified atom stereocenters. The summed E-state index contributed by atoms with van der Waals surface area (Å²) >= 11 is 0. The number of fused-ring (bicyclic) bond motifs is 7. The summed E-state index contributed by atoms with van der Waals surface area (Å²) in [4.78, 5) is 19.8. The van der Waals surface area contributed by atoms with E-state index < -0.39 is 0 Å². The van der Waals surface area contributed by atoms with E-state index >= 15 is 0 Å². The van der Waals surface area contributed by atoms with E-state index in [0.717, 1.165) is 60.8 Å². The third-order valence-corrected chi connectivity index (χ3v) is 7.95. The standard InChI is InChI=1S/C38H22N4O2/c1-3-11-24(12-4-1)36-40-37(25-13-5-2-6-14-25)42-38(41-36)26-21-19-23(20-22-26)32-31-27-15-7-9-17-29(27)43-34(31)35-33(39-32)28-16-8-10-18-30(28)44-35/h1-22H. The van der Waals surface area contributed by atoms with Crippen molar-refractivity contribution in [1.29, 1.82) is 0 Å². The molecule has 4 aromatic heterocycles. The molecule has 9 rings (SSSR count). The third kappa shape index (κ3) is 3.89. The first-order chi connectivity index (χ1) is 21.8. The van der Waals surface area contributed by atoms with Crippen molar-refractivity contribution in [3.8, 4) is 45.4 Å². The number of pyridine rings is 1. The molecule has 0 radical (unpaired) electrons. The summed E-state index contributed by atoms with van der Waals surface area (Å²) < 4.78 is 12.7. The molecule has 0 fully saturated rings. The minimum Gasteiger partial charge on any atom is -0.452 e. The van der Waals surface area contributed by atoms with E-state index in [0.29, 0.717) is 28.6 Å². The van der Waals surface area contributed by atoms with Crippen molar-refractivity contribution < 1.29 is 8.83 Å². The average molecular weight is 567 g/mol. The fourth-order valence-electron chi connectivity index (χ4n) is 5.83. The molecule has 44 heavy (non-hydrogen) atoms. The Hall–Kier alpha value is -6.14. The topological polar surface area (TPSA) is 77.8 Å². The molecule has 0 spiro atoms. The Bertz CT molecular complexity index is 2420. The largest absolute Gasteiger partial charge is 0.452 e. The van der Waals surface area contributed by atoms with Crippen molar-refractivity contribution in [3.05, 3.63) is 133 Å². The minimum absolute atomic E-state index is 0.604. The van der Waals surface area contributed by atoms with Gasteiger partial charge in [-0.15, -0.1) is 0 Å². The molecule has 0 aliphatic carbocycles. The molecule has 0 bridgehead atoms. The lowest BCUT2D eigenvalue weighted by molar-refractivity contribution is 0.633. The van der Waals surface area contributed by atoms with E-state index in [1.807, 2.05) is 115 Å². The molecule has 0 aliphatic rings. The molecule has 0 saturated heterocycles. The highest BCUT2D eigenvalue weighted by molar-refractivity contribution is 6.21. The van der Waals surface area contributed by atoms with Crippen LogP contribution in [0.25, 0.3) is 89.4 Å². The zero-order valence-corrected chi connectivity index (χ0v) is 23.3. The Labute approximate surface area is 251 Å². The maximum Gasteiger partial charge on any atom is 0.197 e. The summed E-state index contributed by atoms with van der Waals surface area (Å²) in [6.07, 6.45) is 0. The van der Waals surface area contributed by atoms with Crippen molar-refractivity contribution in [1.82, 2.24) is 19.9 Å². The van der Waals surface area contributed by atoms with Gasteiger partial charge in [-0.25, -0.2) is 19.9 Å². The van der Waals surface area contributed by atoms with Crippen LogP contribution < -0.4 is 0 Å². The summed E-state index contributed by atoms with van der Waals surface area (Å²) in [5.41, 5.74) is 8.25. The Morgan fingerprint density at radius 1 is 0.364 bits per heavy atom. The lowest BCUT2D eigenvalue weighted by atomic mass is 10.0. The van der Waals surface area contributed by atoms with E-state index in [-0.39, 0.29) is 0 Å². The van der Waals surface area contributed by atoms with Gasteiger partial charge in [0.15, 0.2) is 28.6 Å². The molecule has 6 heteroatoms. The van der Waals surface area contributed by atoms with Crippen LogP contribution in [-0.2, 0) is 0 Å². The van der Waals surface area contributed by atoms with Crippen LogP contribution in [0.2, 0.25) is 0 Å². The van der Waals surface area contributed by atoms with Crippen LogP contribution in [0.15, 0.2) is 142 Å². The highest BCUT2D eigenvalue weighted by Crippen LogP contribution is 2.42. The zero-order valence-electron chi connectivity index (χ0n) is 23.3. The first-order valence-corrected chi connectivity index (χ1v) is 14.4. The molecule has 0 N–H and O–H groups in total. The van der Waals surface area contributed by atoms with Crippen LogP contribution in [0.4, 0.5) is 0 Å². The van der Waals surface area contributed by atoms with Crippen molar-refractivity contribution in [3.63, 3.8) is 0 Å². The lowest BCUT2D eigenvalue weighted by Crippen LogP contribution is -2.00. The summed E-state index contributed by atoms with van der Waals surface area (Å²) in [5, 5.41) is 2.88. The van der Waals surface area contributed by atoms with E-state index in [9.17, 15) is 0 Å². The number of hydrogen-bond donors (Lipinski definition) is 0. The number of rotatable bonds is 4. The summed E-state index contributed by atoms with van der Waals surface area (Å²) in [6.45, 7) is 0. The van der Waals surface area contributed by atoms with Crippen molar-refractivity contribution in [2.45, 2.75) is 0 Å². The second kappa shape index (κ2) is 9.71. The fourth-order valence-corrected chi connectivity index (χ4v) is 5.83. The molecular weight excluding hydrogens is 544 g/mol. The second-order valence-electron chi connectivity index (χ2n) is 10.7. The van der Waals surface area contributed by atoms with Crippen LogP contribution >= 0.6 is 0 Å². The van der Waals surface area contributed by atoms with E-state index in [1.54, 1.807) is 0 Å². The van der Waals surface area contributed by atoms with Crippen LogP contribution in [0.3, 0.4) is 0 Å². The predicted octanol–water partition coefficient (Wildman–Crippen LogP) is 9.73. The monoisotopic (exact) mass is 566 g/mol. The van der Waals surface area contributed by atoms with Crippen molar-refractivity contribution >= 4 is 44.0 Å². The van der Waals surface area contributed by atoms with Crippen LogP contribution in [0.1, 0.15) is 0 Å². The van der Waals surface area contributed by atoms with Crippen LogP contribution in [0, 0.1) is 0 Å². The summed E-state index contributed by atoms with van der Waals surface area (Å²) in [6, 6.07) is 44.2. The van der Waals surface area contributed by atoms with E-state index in [1.165, 1.54) is 0 Å². The van der Waals surface area contributed by atoms with Crippen molar-refractivity contribution in [2.24, 2.45) is 0 Å². The van der Waals surface area contributed by atoms with Gasteiger partial charge >= 0.3 is 0 Å². The molecule has 6 nitrogen and oxygen atoms in total. The Morgan fingerprint density at radius 3 is 1.43 bits per heavy atom. The Kier molecular flexibility index (Phi) is 5.40. The Morgan fingerprint density at radius 2 is 0.818 bits per heavy atom.